The van der Waals surface area contributed by atoms with E-state index >= 15 is 0 Å². The van der Waals surface area contributed by atoms with Gasteiger partial charge in [0.1, 0.15) is 11.6 Å². The summed E-state index contributed by atoms with van der Waals surface area (Å²) in [6.07, 6.45) is 6.32. The average Bonchev–Trinajstić information content (AvgIpc) is 2.85. The van der Waals surface area contributed by atoms with E-state index in [0.717, 1.165) is 36.8 Å². The Morgan fingerprint density at radius 3 is 2.64 bits per heavy atom. The molecule has 0 spiro atoms. The predicted molar refractivity (Wildman–Crippen MR) is 95.8 cm³/mol. The highest BCUT2D eigenvalue weighted by Crippen LogP contribution is 2.66. The average molecular weight is 340 g/mol. The van der Waals surface area contributed by atoms with Gasteiger partial charge in [-0.05, 0) is 61.5 Å². The Morgan fingerprint density at radius 1 is 1.24 bits per heavy atom. The van der Waals surface area contributed by atoms with E-state index in [1.165, 1.54) is 0 Å². The first-order valence-corrected chi connectivity index (χ1v) is 9.65. The zero-order valence-corrected chi connectivity index (χ0v) is 15.6. The molecule has 3 heteroatoms. The maximum atomic E-state index is 13.3. The summed E-state index contributed by atoms with van der Waals surface area (Å²) in [5.41, 5.74) is 1.63. The van der Waals surface area contributed by atoms with Gasteiger partial charge < -0.3 is 0 Å². The maximum Gasteiger partial charge on any atom is 0.156 e. The van der Waals surface area contributed by atoms with Gasteiger partial charge in [-0.15, -0.1) is 0 Å². The molecule has 0 N–H and O–H groups in total. The molecule has 0 aromatic carbocycles. The van der Waals surface area contributed by atoms with Crippen LogP contribution in [0.2, 0.25) is 0 Å². The largest absolute Gasteiger partial charge is 0.300 e. The van der Waals surface area contributed by atoms with Crippen molar-refractivity contribution in [3.63, 3.8) is 0 Å². The quantitative estimate of drug-likeness (QED) is 0.723. The van der Waals surface area contributed by atoms with Crippen molar-refractivity contribution in [2.24, 2.45) is 34.5 Å². The molecule has 3 nitrogen and oxygen atoms in total. The van der Waals surface area contributed by atoms with Crippen molar-refractivity contribution in [1.82, 2.24) is 0 Å². The maximum absolute atomic E-state index is 13.3. The second kappa shape index (κ2) is 5.25. The van der Waals surface area contributed by atoms with Crippen molar-refractivity contribution in [3.8, 4) is 0 Å². The van der Waals surface area contributed by atoms with Gasteiger partial charge in [0, 0.05) is 30.1 Å². The third-order valence-corrected chi connectivity index (χ3v) is 8.11. The van der Waals surface area contributed by atoms with Crippen molar-refractivity contribution in [2.45, 2.75) is 59.3 Å². The molecule has 0 aliphatic heterocycles. The van der Waals surface area contributed by atoms with Crippen LogP contribution in [-0.2, 0) is 14.4 Å². The van der Waals surface area contributed by atoms with Crippen LogP contribution in [0.25, 0.3) is 0 Å². The Morgan fingerprint density at radius 2 is 1.96 bits per heavy atom. The minimum Gasteiger partial charge on any atom is -0.300 e. The highest BCUT2D eigenvalue weighted by atomic mass is 16.1. The summed E-state index contributed by atoms with van der Waals surface area (Å²) in [5, 5.41) is 0. The van der Waals surface area contributed by atoms with Gasteiger partial charge in [0.25, 0.3) is 0 Å². The van der Waals surface area contributed by atoms with E-state index in [-0.39, 0.29) is 40.2 Å². The van der Waals surface area contributed by atoms with E-state index in [1.807, 2.05) is 0 Å². The Hall–Kier alpha value is -1.51. The lowest BCUT2D eigenvalue weighted by Gasteiger charge is -2.57. The minimum absolute atomic E-state index is 0.0128. The Kier molecular flexibility index (Phi) is 3.55. The molecule has 6 atom stereocenters. The van der Waals surface area contributed by atoms with Crippen LogP contribution in [0.3, 0.4) is 0 Å². The van der Waals surface area contributed by atoms with E-state index in [9.17, 15) is 14.4 Å². The fraction of sp³-hybridized carbons (Fsp3) is 0.682. The van der Waals surface area contributed by atoms with Crippen LogP contribution in [0.15, 0.2) is 23.8 Å². The van der Waals surface area contributed by atoms with Crippen LogP contribution in [-0.4, -0.2) is 17.3 Å². The van der Waals surface area contributed by atoms with Crippen LogP contribution in [0.5, 0.6) is 0 Å². The van der Waals surface area contributed by atoms with Crippen molar-refractivity contribution >= 4 is 17.3 Å². The highest BCUT2D eigenvalue weighted by Gasteiger charge is 2.63. The van der Waals surface area contributed by atoms with Gasteiger partial charge in [-0.3, -0.25) is 14.4 Å². The molecule has 0 unspecified atom stereocenters. The Balaban J connectivity index is 1.79. The third kappa shape index (κ3) is 2.14. The van der Waals surface area contributed by atoms with Gasteiger partial charge >= 0.3 is 0 Å². The standard InChI is InChI=1S/C22H28O3/c1-12-9-15-17-6-5-16(13(2)23)22(17,4)11-19(25)20(15)21(3)8-7-14(24)10-18(12)21/h10,15-17,20H,1,5-9,11H2,2-4H3/t15-,16+,17-,20+,21-,22+/m0/s1. The number of ketones is 3. The number of carbonyl (C=O) groups excluding carboxylic acids is 3. The first-order chi connectivity index (χ1) is 11.7. The highest BCUT2D eigenvalue weighted by molar-refractivity contribution is 5.94. The van der Waals surface area contributed by atoms with Crippen LogP contribution in [0.1, 0.15) is 59.3 Å². The summed E-state index contributed by atoms with van der Waals surface area (Å²) < 4.78 is 0. The molecule has 0 heterocycles. The van der Waals surface area contributed by atoms with Gasteiger partial charge in [-0.2, -0.15) is 0 Å². The first-order valence-electron chi connectivity index (χ1n) is 9.65. The van der Waals surface area contributed by atoms with E-state index in [0.29, 0.717) is 24.5 Å². The van der Waals surface area contributed by atoms with Crippen LogP contribution < -0.4 is 0 Å². The molecule has 4 aliphatic rings. The Labute approximate surface area is 149 Å². The third-order valence-electron chi connectivity index (χ3n) is 8.11. The van der Waals surface area contributed by atoms with Crippen LogP contribution in [0, 0.1) is 34.5 Å². The first kappa shape index (κ1) is 16.9. The van der Waals surface area contributed by atoms with Gasteiger partial charge in [-0.1, -0.05) is 26.0 Å². The molecule has 4 aliphatic carbocycles. The summed E-state index contributed by atoms with van der Waals surface area (Å²) in [4.78, 5) is 37.5. The molecule has 0 saturated heterocycles. The second-order valence-electron chi connectivity index (χ2n) is 9.39. The van der Waals surface area contributed by atoms with Crippen molar-refractivity contribution < 1.29 is 14.4 Å². The molecule has 0 amide bonds. The zero-order valence-electron chi connectivity index (χ0n) is 15.6. The lowest BCUT2D eigenvalue weighted by Crippen LogP contribution is -2.55. The fourth-order valence-electron chi connectivity index (χ4n) is 7.07. The van der Waals surface area contributed by atoms with Gasteiger partial charge in [0.05, 0.1) is 0 Å². The fourth-order valence-corrected chi connectivity index (χ4v) is 7.07. The van der Waals surface area contributed by atoms with E-state index in [4.69, 9.17) is 0 Å². The number of carbonyl (C=O) groups is 3. The number of hydrogen-bond donors (Lipinski definition) is 0. The molecule has 0 radical (unpaired) electrons. The van der Waals surface area contributed by atoms with Gasteiger partial charge in [-0.25, -0.2) is 0 Å². The summed E-state index contributed by atoms with van der Waals surface area (Å²) in [6, 6.07) is 0. The zero-order chi connectivity index (χ0) is 18.1. The molecular formula is C22H28O3. The van der Waals surface area contributed by atoms with Crippen molar-refractivity contribution in [2.75, 3.05) is 0 Å². The predicted octanol–water partition coefficient (Wildman–Crippen LogP) is 4.07. The summed E-state index contributed by atoms with van der Waals surface area (Å²) in [7, 11) is 0. The number of allylic oxidation sites excluding steroid dienone is 2. The molecule has 3 saturated carbocycles. The van der Waals surface area contributed by atoms with Crippen LogP contribution >= 0.6 is 0 Å². The molecule has 4 rings (SSSR count). The second-order valence-corrected chi connectivity index (χ2v) is 9.39. The van der Waals surface area contributed by atoms with Crippen LogP contribution in [0.4, 0.5) is 0 Å². The molecule has 0 bridgehead atoms. The molecule has 25 heavy (non-hydrogen) atoms. The normalized spacial score (nSPS) is 46.2. The molecule has 3 fully saturated rings. The van der Waals surface area contributed by atoms with Gasteiger partial charge in [0.15, 0.2) is 5.78 Å². The topological polar surface area (TPSA) is 51.2 Å². The van der Waals surface area contributed by atoms with E-state index < -0.39 is 0 Å². The summed E-state index contributed by atoms with van der Waals surface area (Å²) in [6.45, 7) is 10.3. The van der Waals surface area contributed by atoms with Crippen molar-refractivity contribution in [1.29, 1.82) is 0 Å². The Bertz CT molecular complexity index is 730. The van der Waals surface area contributed by atoms with E-state index in [1.54, 1.807) is 13.0 Å². The summed E-state index contributed by atoms with van der Waals surface area (Å²) >= 11 is 0. The number of Topliss-reactive ketones (excluding diaryl/α,β-unsaturated/α-hetero) is 2. The lowest BCUT2D eigenvalue weighted by atomic mass is 9.45. The number of rotatable bonds is 1. The molecular weight excluding hydrogens is 312 g/mol. The molecule has 0 aromatic rings. The monoisotopic (exact) mass is 340 g/mol. The lowest BCUT2D eigenvalue weighted by molar-refractivity contribution is -0.146. The van der Waals surface area contributed by atoms with E-state index in [2.05, 4.69) is 20.4 Å². The van der Waals surface area contributed by atoms with Crippen molar-refractivity contribution in [3.05, 3.63) is 23.8 Å². The van der Waals surface area contributed by atoms with Gasteiger partial charge in [0.2, 0.25) is 0 Å². The smallest absolute Gasteiger partial charge is 0.156 e. The SMILES string of the molecule is C=C1C[C@H]2[C@@H]3CC[C@H](C(C)=O)[C@@]3(C)CC(=O)[C@@H]2[C@@]2(C)CCC(=O)C=C12. The summed E-state index contributed by atoms with van der Waals surface area (Å²) in [5.74, 6) is 1.41. The number of fused-ring (bicyclic) bond motifs is 5. The number of hydrogen-bond acceptors (Lipinski definition) is 3. The minimum atomic E-state index is -0.249. The molecule has 0 aromatic heterocycles. The molecule has 134 valence electrons.